The number of hydrogen-bond donors (Lipinski definition) is 4. The summed E-state index contributed by atoms with van der Waals surface area (Å²) < 4.78 is 1.73. The SMILES string of the molecule is N#Cc1ccccc1NC(O)c1ccc2ccc(N[C@@H]3CCCNC3)nn12. The number of aliphatic hydroxyl groups is 1. The molecule has 2 aromatic heterocycles. The quantitative estimate of drug-likeness (QED) is 0.521. The van der Waals surface area contributed by atoms with Gasteiger partial charge in [-0.25, -0.2) is 4.52 Å². The van der Waals surface area contributed by atoms with Crippen LogP contribution in [-0.4, -0.2) is 33.9 Å². The molecule has 0 radical (unpaired) electrons. The highest BCUT2D eigenvalue weighted by Crippen LogP contribution is 2.23. The van der Waals surface area contributed by atoms with Crippen LogP contribution >= 0.6 is 0 Å². The first-order valence-electron chi connectivity index (χ1n) is 9.14. The molecule has 1 saturated heterocycles. The fourth-order valence-corrected chi connectivity index (χ4v) is 3.40. The molecule has 1 unspecified atom stereocenters. The van der Waals surface area contributed by atoms with E-state index in [1.807, 2.05) is 30.3 Å². The molecule has 0 saturated carbocycles. The molecule has 7 heteroatoms. The molecule has 4 N–H and O–H groups in total. The zero-order chi connectivity index (χ0) is 18.6. The summed E-state index contributed by atoms with van der Waals surface area (Å²) in [6.45, 7) is 1.99. The molecule has 138 valence electrons. The highest BCUT2D eigenvalue weighted by atomic mass is 16.3. The number of aromatic nitrogens is 2. The highest BCUT2D eigenvalue weighted by molar-refractivity contribution is 5.58. The van der Waals surface area contributed by atoms with Gasteiger partial charge in [-0.1, -0.05) is 12.1 Å². The Morgan fingerprint density at radius 3 is 2.89 bits per heavy atom. The molecule has 1 aromatic carbocycles. The van der Waals surface area contributed by atoms with Crippen LogP contribution in [0.4, 0.5) is 11.5 Å². The summed E-state index contributed by atoms with van der Waals surface area (Å²) in [5.74, 6) is 0.776. The topological polar surface area (TPSA) is 97.4 Å². The molecule has 1 aliphatic heterocycles. The number of nitriles is 1. The summed E-state index contributed by atoms with van der Waals surface area (Å²) in [6.07, 6.45) is 1.27. The van der Waals surface area contributed by atoms with E-state index in [-0.39, 0.29) is 0 Å². The predicted molar refractivity (Wildman–Crippen MR) is 104 cm³/mol. The standard InChI is InChI=1S/C20H22N6O/c21-12-14-4-1-2-6-17(14)24-20(27)18-9-7-16-8-10-19(25-26(16)18)23-15-5-3-11-22-13-15/h1-2,4,6-10,15,20,22,24,27H,3,5,11,13H2,(H,23,25)/t15-,20?/m1/s1. The minimum atomic E-state index is -0.985. The van der Waals surface area contributed by atoms with Gasteiger partial charge in [-0.05, 0) is 55.8 Å². The van der Waals surface area contributed by atoms with E-state index in [0.29, 0.717) is 23.0 Å². The number of anilines is 2. The molecule has 1 fully saturated rings. The largest absolute Gasteiger partial charge is 0.368 e. The lowest BCUT2D eigenvalue weighted by Gasteiger charge is -2.24. The zero-order valence-electron chi connectivity index (χ0n) is 14.9. The summed E-state index contributed by atoms with van der Waals surface area (Å²) in [7, 11) is 0. The van der Waals surface area contributed by atoms with E-state index in [2.05, 4.69) is 27.1 Å². The van der Waals surface area contributed by atoms with Crippen LogP contribution in [0.2, 0.25) is 0 Å². The first kappa shape index (κ1) is 17.3. The molecule has 7 nitrogen and oxygen atoms in total. The number of fused-ring (bicyclic) bond motifs is 1. The summed E-state index contributed by atoms with van der Waals surface area (Å²) in [4.78, 5) is 0. The molecule has 4 rings (SSSR count). The van der Waals surface area contributed by atoms with E-state index < -0.39 is 6.23 Å². The van der Waals surface area contributed by atoms with Crippen LogP contribution in [0.25, 0.3) is 5.52 Å². The summed E-state index contributed by atoms with van der Waals surface area (Å²) >= 11 is 0. The zero-order valence-corrected chi connectivity index (χ0v) is 14.9. The van der Waals surface area contributed by atoms with E-state index in [1.54, 1.807) is 22.7 Å². The van der Waals surface area contributed by atoms with Crippen molar-refractivity contribution < 1.29 is 5.11 Å². The van der Waals surface area contributed by atoms with Crippen molar-refractivity contribution in [3.05, 3.63) is 59.8 Å². The van der Waals surface area contributed by atoms with Gasteiger partial charge in [-0.15, -0.1) is 0 Å². The Hall–Kier alpha value is -3.08. The first-order valence-corrected chi connectivity index (χ1v) is 9.14. The molecule has 3 heterocycles. The van der Waals surface area contributed by atoms with E-state index in [1.165, 1.54) is 0 Å². The normalized spacial score (nSPS) is 18.0. The molecule has 0 aliphatic carbocycles. The lowest BCUT2D eigenvalue weighted by Crippen LogP contribution is -2.38. The molecular weight excluding hydrogens is 340 g/mol. The Morgan fingerprint density at radius 2 is 2.07 bits per heavy atom. The third-order valence-corrected chi connectivity index (χ3v) is 4.80. The number of aliphatic hydroxyl groups excluding tert-OH is 1. The van der Waals surface area contributed by atoms with Gasteiger partial charge in [0.25, 0.3) is 0 Å². The van der Waals surface area contributed by atoms with Crippen LogP contribution in [0.3, 0.4) is 0 Å². The summed E-state index contributed by atoms with van der Waals surface area (Å²) in [5.41, 5.74) is 2.58. The van der Waals surface area contributed by atoms with Crippen LogP contribution in [-0.2, 0) is 0 Å². The minimum absolute atomic E-state index is 0.355. The van der Waals surface area contributed by atoms with Crippen LogP contribution in [0, 0.1) is 11.3 Å². The summed E-state index contributed by atoms with van der Waals surface area (Å²) in [6, 6.07) is 17.3. The van der Waals surface area contributed by atoms with Crippen molar-refractivity contribution >= 4 is 17.0 Å². The number of hydrogen-bond acceptors (Lipinski definition) is 6. The Bertz CT molecular complexity index is 970. The van der Waals surface area contributed by atoms with Gasteiger partial charge in [0.2, 0.25) is 0 Å². The number of para-hydroxylation sites is 1. The van der Waals surface area contributed by atoms with Crippen LogP contribution < -0.4 is 16.0 Å². The fourth-order valence-electron chi connectivity index (χ4n) is 3.40. The van der Waals surface area contributed by atoms with Gasteiger partial charge in [0.15, 0.2) is 6.23 Å². The van der Waals surface area contributed by atoms with Crippen molar-refractivity contribution in [3.63, 3.8) is 0 Å². The predicted octanol–water partition coefficient (Wildman–Crippen LogP) is 2.47. The van der Waals surface area contributed by atoms with Crippen molar-refractivity contribution in [2.75, 3.05) is 23.7 Å². The van der Waals surface area contributed by atoms with Gasteiger partial charge in [0, 0.05) is 12.6 Å². The van der Waals surface area contributed by atoms with Crippen molar-refractivity contribution in [3.8, 4) is 6.07 Å². The second-order valence-corrected chi connectivity index (χ2v) is 6.71. The monoisotopic (exact) mass is 362 g/mol. The van der Waals surface area contributed by atoms with Crippen LogP contribution in [0.15, 0.2) is 48.5 Å². The maximum absolute atomic E-state index is 10.7. The first-order chi connectivity index (χ1) is 13.2. The number of rotatable bonds is 5. The van der Waals surface area contributed by atoms with E-state index in [4.69, 9.17) is 0 Å². The van der Waals surface area contributed by atoms with Gasteiger partial charge < -0.3 is 21.1 Å². The van der Waals surface area contributed by atoms with E-state index in [9.17, 15) is 10.4 Å². The molecule has 0 spiro atoms. The van der Waals surface area contributed by atoms with Crippen molar-refractivity contribution in [2.45, 2.75) is 25.1 Å². The molecule has 0 amide bonds. The lowest BCUT2D eigenvalue weighted by atomic mass is 10.1. The third-order valence-electron chi connectivity index (χ3n) is 4.80. The molecule has 0 bridgehead atoms. The Morgan fingerprint density at radius 1 is 1.22 bits per heavy atom. The maximum atomic E-state index is 10.7. The van der Waals surface area contributed by atoms with E-state index in [0.717, 1.165) is 37.3 Å². The van der Waals surface area contributed by atoms with Crippen molar-refractivity contribution in [2.24, 2.45) is 0 Å². The molecular formula is C20H22N6O. The molecule has 2 atom stereocenters. The molecule has 3 aromatic rings. The Balaban J connectivity index is 1.57. The minimum Gasteiger partial charge on any atom is -0.368 e. The van der Waals surface area contributed by atoms with Gasteiger partial charge in [0.1, 0.15) is 11.9 Å². The number of piperidine rings is 1. The second-order valence-electron chi connectivity index (χ2n) is 6.71. The van der Waals surface area contributed by atoms with Crippen LogP contribution in [0.1, 0.15) is 30.3 Å². The van der Waals surface area contributed by atoms with Crippen LogP contribution in [0.5, 0.6) is 0 Å². The average Bonchev–Trinajstić information content (AvgIpc) is 3.12. The average molecular weight is 362 g/mol. The third kappa shape index (κ3) is 3.72. The smallest absolute Gasteiger partial charge is 0.168 e. The number of benzene rings is 1. The van der Waals surface area contributed by atoms with Crippen molar-refractivity contribution in [1.29, 1.82) is 5.26 Å². The van der Waals surface area contributed by atoms with E-state index >= 15 is 0 Å². The van der Waals surface area contributed by atoms with Crippen molar-refractivity contribution in [1.82, 2.24) is 14.9 Å². The number of nitrogens with zero attached hydrogens (tertiary/aromatic N) is 3. The van der Waals surface area contributed by atoms with Gasteiger partial charge >= 0.3 is 0 Å². The molecule has 1 aliphatic rings. The highest BCUT2D eigenvalue weighted by Gasteiger charge is 2.16. The second kappa shape index (κ2) is 7.66. The van der Waals surface area contributed by atoms with Gasteiger partial charge in [0.05, 0.1) is 22.5 Å². The summed E-state index contributed by atoms with van der Waals surface area (Å²) in [5, 5.41) is 34.4. The Labute approximate surface area is 157 Å². The van der Waals surface area contributed by atoms with Gasteiger partial charge in [-0.2, -0.15) is 10.4 Å². The maximum Gasteiger partial charge on any atom is 0.168 e. The Kier molecular flexibility index (Phi) is 4.92. The van der Waals surface area contributed by atoms with Gasteiger partial charge in [-0.3, -0.25) is 0 Å². The number of nitrogens with one attached hydrogen (secondary N) is 3. The fraction of sp³-hybridized carbons (Fsp3) is 0.300. The molecule has 27 heavy (non-hydrogen) atoms. The lowest BCUT2D eigenvalue weighted by molar-refractivity contribution is 0.201.